The van der Waals surface area contributed by atoms with Crippen LogP contribution < -0.4 is 10.1 Å². The summed E-state index contributed by atoms with van der Waals surface area (Å²) in [6.45, 7) is 2.59. The lowest BCUT2D eigenvalue weighted by atomic mass is 10.1. The van der Waals surface area contributed by atoms with Crippen LogP contribution in [0.1, 0.15) is 23.4 Å². The minimum atomic E-state index is -0.0417. The SMILES string of the molecule is COc1ccc(Cl)cc1CNc1ccccc1C(C)Cl. The summed E-state index contributed by atoms with van der Waals surface area (Å²) in [4.78, 5) is 0. The third kappa shape index (κ3) is 3.59. The molecule has 0 saturated heterocycles. The monoisotopic (exact) mass is 309 g/mol. The molecule has 2 aromatic carbocycles. The summed E-state index contributed by atoms with van der Waals surface area (Å²) < 4.78 is 5.34. The second-order valence-corrected chi connectivity index (χ2v) is 5.60. The average Bonchev–Trinajstić information content (AvgIpc) is 2.45. The Bertz CT molecular complexity index is 584. The maximum atomic E-state index is 6.19. The Morgan fingerprint density at radius 2 is 1.95 bits per heavy atom. The van der Waals surface area contributed by atoms with Crippen LogP contribution in [-0.2, 0) is 6.54 Å². The van der Waals surface area contributed by atoms with E-state index in [1.54, 1.807) is 7.11 Å². The summed E-state index contributed by atoms with van der Waals surface area (Å²) in [5.74, 6) is 0.818. The van der Waals surface area contributed by atoms with E-state index < -0.39 is 0 Å². The van der Waals surface area contributed by atoms with Crippen LogP contribution in [0.25, 0.3) is 0 Å². The molecule has 0 aromatic heterocycles. The summed E-state index contributed by atoms with van der Waals surface area (Å²) in [5, 5.41) is 4.04. The molecule has 0 radical (unpaired) electrons. The van der Waals surface area contributed by atoms with E-state index in [0.29, 0.717) is 11.6 Å². The maximum absolute atomic E-state index is 6.19. The van der Waals surface area contributed by atoms with Gasteiger partial charge in [-0.3, -0.25) is 0 Å². The molecule has 2 aromatic rings. The highest BCUT2D eigenvalue weighted by Crippen LogP contribution is 2.29. The van der Waals surface area contributed by atoms with E-state index in [0.717, 1.165) is 22.6 Å². The minimum absolute atomic E-state index is 0.0417. The Balaban J connectivity index is 2.19. The highest BCUT2D eigenvalue weighted by atomic mass is 35.5. The molecule has 1 N–H and O–H groups in total. The van der Waals surface area contributed by atoms with Crippen molar-refractivity contribution in [1.29, 1.82) is 0 Å². The van der Waals surface area contributed by atoms with Gasteiger partial charge in [0.25, 0.3) is 0 Å². The van der Waals surface area contributed by atoms with Crippen LogP contribution in [0.15, 0.2) is 42.5 Å². The lowest BCUT2D eigenvalue weighted by Gasteiger charge is -2.15. The first-order valence-corrected chi connectivity index (χ1v) is 7.22. The molecule has 106 valence electrons. The molecule has 1 unspecified atom stereocenters. The zero-order chi connectivity index (χ0) is 14.5. The van der Waals surface area contributed by atoms with E-state index in [1.807, 2.05) is 49.4 Å². The van der Waals surface area contributed by atoms with E-state index in [-0.39, 0.29) is 5.38 Å². The Hall–Kier alpha value is -1.38. The number of benzene rings is 2. The van der Waals surface area contributed by atoms with Gasteiger partial charge in [0.15, 0.2) is 0 Å². The quantitative estimate of drug-likeness (QED) is 0.761. The number of halogens is 2. The molecule has 0 amide bonds. The van der Waals surface area contributed by atoms with Crippen molar-refractivity contribution >= 4 is 28.9 Å². The zero-order valence-electron chi connectivity index (χ0n) is 11.5. The predicted octanol–water partition coefficient (Wildman–Crippen LogP) is 5.26. The van der Waals surface area contributed by atoms with Crippen LogP contribution >= 0.6 is 23.2 Å². The van der Waals surface area contributed by atoms with Crippen LogP contribution in [0.4, 0.5) is 5.69 Å². The predicted molar refractivity (Wildman–Crippen MR) is 86.0 cm³/mol. The number of nitrogens with one attached hydrogen (secondary N) is 1. The van der Waals surface area contributed by atoms with Gasteiger partial charge in [0.2, 0.25) is 0 Å². The fourth-order valence-corrected chi connectivity index (χ4v) is 2.47. The van der Waals surface area contributed by atoms with Gasteiger partial charge in [-0.2, -0.15) is 0 Å². The molecule has 0 heterocycles. The lowest BCUT2D eigenvalue weighted by Crippen LogP contribution is -2.04. The maximum Gasteiger partial charge on any atom is 0.123 e. The molecule has 0 aliphatic heterocycles. The average molecular weight is 310 g/mol. The molecule has 4 heteroatoms. The molecule has 1 atom stereocenters. The first-order chi connectivity index (χ1) is 9.61. The first kappa shape index (κ1) is 15.0. The Kier molecular flexibility index (Phi) is 5.16. The number of methoxy groups -OCH3 is 1. The standard InChI is InChI=1S/C16H17Cl2NO/c1-11(17)14-5-3-4-6-15(14)19-10-12-9-13(18)7-8-16(12)20-2/h3-9,11,19H,10H2,1-2H3. The first-order valence-electron chi connectivity index (χ1n) is 6.41. The van der Waals surface area contributed by atoms with Crippen molar-refractivity contribution in [2.75, 3.05) is 12.4 Å². The second-order valence-electron chi connectivity index (χ2n) is 4.51. The molecule has 0 aliphatic rings. The summed E-state index contributed by atoms with van der Waals surface area (Å²) in [5.41, 5.74) is 3.12. The summed E-state index contributed by atoms with van der Waals surface area (Å²) >= 11 is 12.2. The fraction of sp³-hybridized carbons (Fsp3) is 0.250. The van der Waals surface area contributed by atoms with Gasteiger partial charge in [0.05, 0.1) is 12.5 Å². The number of para-hydroxylation sites is 1. The van der Waals surface area contributed by atoms with Crippen molar-refractivity contribution in [3.63, 3.8) is 0 Å². The van der Waals surface area contributed by atoms with Crippen LogP contribution in [0.2, 0.25) is 5.02 Å². The number of hydrogen-bond donors (Lipinski definition) is 1. The zero-order valence-corrected chi connectivity index (χ0v) is 13.0. The van der Waals surface area contributed by atoms with E-state index in [9.17, 15) is 0 Å². The fourth-order valence-electron chi connectivity index (χ4n) is 2.08. The van der Waals surface area contributed by atoms with E-state index in [4.69, 9.17) is 27.9 Å². The van der Waals surface area contributed by atoms with Gasteiger partial charge < -0.3 is 10.1 Å². The molecule has 20 heavy (non-hydrogen) atoms. The summed E-state index contributed by atoms with van der Waals surface area (Å²) in [6.07, 6.45) is 0. The topological polar surface area (TPSA) is 21.3 Å². The number of alkyl halides is 1. The number of rotatable bonds is 5. The van der Waals surface area contributed by atoms with Gasteiger partial charge in [0.1, 0.15) is 5.75 Å². The van der Waals surface area contributed by atoms with Gasteiger partial charge in [-0.1, -0.05) is 29.8 Å². The molecular formula is C16H17Cl2NO. The van der Waals surface area contributed by atoms with E-state index in [2.05, 4.69) is 5.32 Å². The largest absolute Gasteiger partial charge is 0.496 e. The molecular weight excluding hydrogens is 293 g/mol. The second kappa shape index (κ2) is 6.87. The van der Waals surface area contributed by atoms with Crippen LogP contribution in [0, 0.1) is 0 Å². The van der Waals surface area contributed by atoms with E-state index >= 15 is 0 Å². The van der Waals surface area contributed by atoms with Crippen molar-refractivity contribution in [2.24, 2.45) is 0 Å². The van der Waals surface area contributed by atoms with Crippen molar-refractivity contribution < 1.29 is 4.74 Å². The van der Waals surface area contributed by atoms with Gasteiger partial charge in [-0.25, -0.2) is 0 Å². The Morgan fingerprint density at radius 3 is 2.65 bits per heavy atom. The number of anilines is 1. The van der Waals surface area contributed by atoms with Crippen LogP contribution in [0.5, 0.6) is 5.75 Å². The van der Waals surface area contributed by atoms with Gasteiger partial charge >= 0.3 is 0 Å². The van der Waals surface area contributed by atoms with Crippen molar-refractivity contribution in [1.82, 2.24) is 0 Å². The molecule has 2 nitrogen and oxygen atoms in total. The molecule has 0 fully saturated rings. The number of hydrogen-bond acceptors (Lipinski definition) is 2. The van der Waals surface area contributed by atoms with Crippen LogP contribution in [0.3, 0.4) is 0 Å². The summed E-state index contributed by atoms with van der Waals surface area (Å²) in [6, 6.07) is 13.6. The lowest BCUT2D eigenvalue weighted by molar-refractivity contribution is 0.410. The van der Waals surface area contributed by atoms with Crippen LogP contribution in [-0.4, -0.2) is 7.11 Å². The molecule has 0 bridgehead atoms. The highest BCUT2D eigenvalue weighted by molar-refractivity contribution is 6.30. The van der Waals surface area contributed by atoms with Crippen molar-refractivity contribution in [3.8, 4) is 5.75 Å². The van der Waals surface area contributed by atoms with E-state index in [1.165, 1.54) is 0 Å². The molecule has 0 spiro atoms. The summed E-state index contributed by atoms with van der Waals surface area (Å²) in [7, 11) is 1.65. The number of ether oxygens (including phenoxy) is 1. The van der Waals surface area contributed by atoms with Crippen molar-refractivity contribution in [3.05, 3.63) is 58.6 Å². The molecule has 0 aliphatic carbocycles. The third-order valence-corrected chi connectivity index (χ3v) is 3.57. The van der Waals surface area contributed by atoms with Crippen molar-refractivity contribution in [2.45, 2.75) is 18.8 Å². The Morgan fingerprint density at radius 1 is 1.20 bits per heavy atom. The highest BCUT2D eigenvalue weighted by Gasteiger charge is 2.08. The molecule has 2 rings (SSSR count). The van der Waals surface area contributed by atoms with Gasteiger partial charge in [0, 0.05) is 22.8 Å². The molecule has 0 saturated carbocycles. The van der Waals surface area contributed by atoms with Gasteiger partial charge in [-0.15, -0.1) is 11.6 Å². The smallest absolute Gasteiger partial charge is 0.123 e. The third-order valence-electron chi connectivity index (χ3n) is 3.10. The van der Waals surface area contributed by atoms with Gasteiger partial charge in [-0.05, 0) is 36.8 Å². The normalized spacial score (nSPS) is 12.0. The Labute approximate surface area is 129 Å². The minimum Gasteiger partial charge on any atom is -0.496 e.